The van der Waals surface area contributed by atoms with Crippen LogP contribution in [0.1, 0.15) is 38.7 Å². The van der Waals surface area contributed by atoms with Gasteiger partial charge in [0.05, 0.1) is 6.54 Å². The SMILES string of the molecule is CCN(CC)C(=O)CN(C)C(=O)CC(C)c1ccccc1. The van der Waals surface area contributed by atoms with Crippen molar-refractivity contribution in [3.63, 3.8) is 0 Å². The number of nitrogens with zero attached hydrogens (tertiary/aromatic N) is 2. The van der Waals surface area contributed by atoms with Crippen LogP contribution in [0.3, 0.4) is 0 Å². The fraction of sp³-hybridized carbons (Fsp3) is 0.529. The summed E-state index contributed by atoms with van der Waals surface area (Å²) in [5, 5.41) is 0. The van der Waals surface area contributed by atoms with Crippen molar-refractivity contribution in [3.05, 3.63) is 35.9 Å². The number of amides is 2. The summed E-state index contributed by atoms with van der Waals surface area (Å²) in [6, 6.07) is 9.97. The van der Waals surface area contributed by atoms with Gasteiger partial charge in [-0.05, 0) is 25.3 Å². The number of likely N-dealkylation sites (N-methyl/N-ethyl adjacent to an activating group) is 2. The van der Waals surface area contributed by atoms with Crippen LogP contribution in [0.25, 0.3) is 0 Å². The van der Waals surface area contributed by atoms with Crippen molar-refractivity contribution in [2.75, 3.05) is 26.7 Å². The van der Waals surface area contributed by atoms with Crippen molar-refractivity contribution < 1.29 is 9.59 Å². The summed E-state index contributed by atoms with van der Waals surface area (Å²) in [6.45, 7) is 7.44. The van der Waals surface area contributed by atoms with E-state index in [1.807, 2.05) is 51.1 Å². The molecular formula is C17H26N2O2. The Kier molecular flexibility index (Phi) is 6.92. The van der Waals surface area contributed by atoms with Crippen LogP contribution in [0.5, 0.6) is 0 Å². The predicted molar refractivity (Wildman–Crippen MR) is 85.0 cm³/mol. The molecule has 0 N–H and O–H groups in total. The smallest absolute Gasteiger partial charge is 0.242 e. The molecule has 0 radical (unpaired) electrons. The van der Waals surface area contributed by atoms with Crippen LogP contribution in [0.2, 0.25) is 0 Å². The average molecular weight is 290 g/mol. The van der Waals surface area contributed by atoms with Crippen LogP contribution in [-0.2, 0) is 9.59 Å². The summed E-state index contributed by atoms with van der Waals surface area (Å²) in [7, 11) is 1.70. The summed E-state index contributed by atoms with van der Waals surface area (Å²) < 4.78 is 0. The van der Waals surface area contributed by atoms with Crippen LogP contribution < -0.4 is 0 Å². The summed E-state index contributed by atoms with van der Waals surface area (Å²) in [5.41, 5.74) is 1.15. The minimum absolute atomic E-state index is 0.00298. The van der Waals surface area contributed by atoms with Gasteiger partial charge in [-0.3, -0.25) is 9.59 Å². The van der Waals surface area contributed by atoms with Gasteiger partial charge < -0.3 is 9.80 Å². The molecule has 4 heteroatoms. The molecule has 0 bridgehead atoms. The Balaban J connectivity index is 2.53. The fourth-order valence-corrected chi connectivity index (χ4v) is 2.28. The number of carbonyl (C=O) groups excluding carboxylic acids is 2. The molecule has 21 heavy (non-hydrogen) atoms. The largest absolute Gasteiger partial charge is 0.342 e. The third-order valence-corrected chi connectivity index (χ3v) is 3.76. The molecule has 0 saturated heterocycles. The van der Waals surface area contributed by atoms with Gasteiger partial charge in [-0.15, -0.1) is 0 Å². The maximum absolute atomic E-state index is 12.2. The van der Waals surface area contributed by atoms with Gasteiger partial charge in [-0.25, -0.2) is 0 Å². The molecule has 1 unspecified atom stereocenters. The molecule has 0 aliphatic heterocycles. The summed E-state index contributed by atoms with van der Waals surface area (Å²) in [6.07, 6.45) is 0.423. The standard InChI is InChI=1S/C17H26N2O2/c1-5-19(6-2)17(21)13-18(4)16(20)12-14(3)15-10-8-7-9-11-15/h7-11,14H,5-6,12-13H2,1-4H3. The first-order valence-corrected chi connectivity index (χ1v) is 7.56. The van der Waals surface area contributed by atoms with Gasteiger partial charge in [0.15, 0.2) is 0 Å². The molecule has 4 nitrogen and oxygen atoms in total. The highest BCUT2D eigenvalue weighted by Crippen LogP contribution is 2.19. The first kappa shape index (κ1) is 17.2. The monoisotopic (exact) mass is 290 g/mol. The van der Waals surface area contributed by atoms with E-state index in [0.29, 0.717) is 19.5 Å². The Hall–Kier alpha value is -1.84. The maximum Gasteiger partial charge on any atom is 0.242 e. The zero-order valence-corrected chi connectivity index (χ0v) is 13.5. The van der Waals surface area contributed by atoms with E-state index in [4.69, 9.17) is 0 Å². The third-order valence-electron chi connectivity index (χ3n) is 3.76. The zero-order chi connectivity index (χ0) is 15.8. The van der Waals surface area contributed by atoms with E-state index in [1.165, 1.54) is 4.90 Å². The molecule has 1 aromatic carbocycles. The highest BCUT2D eigenvalue weighted by molar-refractivity contribution is 5.85. The summed E-state index contributed by atoms with van der Waals surface area (Å²) in [4.78, 5) is 27.5. The predicted octanol–water partition coefficient (Wildman–Crippen LogP) is 2.51. The highest BCUT2D eigenvalue weighted by atomic mass is 16.2. The van der Waals surface area contributed by atoms with Gasteiger partial charge in [-0.1, -0.05) is 37.3 Å². The van der Waals surface area contributed by atoms with E-state index in [2.05, 4.69) is 0 Å². The number of hydrogen-bond donors (Lipinski definition) is 0. The minimum Gasteiger partial charge on any atom is -0.342 e. The fourth-order valence-electron chi connectivity index (χ4n) is 2.28. The Morgan fingerprint density at radius 1 is 1.05 bits per heavy atom. The molecule has 0 aromatic heterocycles. The first-order chi connectivity index (χ1) is 9.99. The van der Waals surface area contributed by atoms with E-state index in [-0.39, 0.29) is 24.3 Å². The number of rotatable bonds is 7. The Morgan fingerprint density at radius 2 is 1.62 bits per heavy atom. The molecule has 0 aliphatic rings. The number of carbonyl (C=O) groups is 2. The van der Waals surface area contributed by atoms with Crippen molar-refractivity contribution in [3.8, 4) is 0 Å². The molecule has 0 aliphatic carbocycles. The van der Waals surface area contributed by atoms with Gasteiger partial charge in [0.2, 0.25) is 11.8 Å². The minimum atomic E-state index is 0.00298. The van der Waals surface area contributed by atoms with Crippen LogP contribution in [-0.4, -0.2) is 48.3 Å². The summed E-state index contributed by atoms with van der Waals surface area (Å²) >= 11 is 0. The van der Waals surface area contributed by atoms with Gasteiger partial charge in [-0.2, -0.15) is 0 Å². The van der Waals surface area contributed by atoms with Gasteiger partial charge in [0.25, 0.3) is 0 Å². The van der Waals surface area contributed by atoms with Crippen LogP contribution >= 0.6 is 0 Å². The quantitative estimate of drug-likeness (QED) is 0.774. The van der Waals surface area contributed by atoms with Gasteiger partial charge in [0, 0.05) is 26.6 Å². The Labute approximate surface area is 127 Å². The molecule has 1 rings (SSSR count). The molecule has 0 spiro atoms. The number of benzene rings is 1. The first-order valence-electron chi connectivity index (χ1n) is 7.56. The molecule has 116 valence electrons. The second kappa shape index (κ2) is 8.45. The maximum atomic E-state index is 12.2. The van der Waals surface area contributed by atoms with E-state index in [9.17, 15) is 9.59 Å². The van der Waals surface area contributed by atoms with Crippen LogP contribution in [0.15, 0.2) is 30.3 Å². The van der Waals surface area contributed by atoms with Crippen LogP contribution in [0.4, 0.5) is 0 Å². The molecule has 0 heterocycles. The molecule has 0 saturated carbocycles. The average Bonchev–Trinajstić information content (AvgIpc) is 2.49. The normalized spacial score (nSPS) is 11.8. The second-order valence-electron chi connectivity index (χ2n) is 5.33. The van der Waals surface area contributed by atoms with E-state index in [0.717, 1.165) is 5.56 Å². The highest BCUT2D eigenvalue weighted by Gasteiger charge is 2.18. The van der Waals surface area contributed by atoms with E-state index >= 15 is 0 Å². The molecular weight excluding hydrogens is 264 g/mol. The van der Waals surface area contributed by atoms with Crippen molar-refractivity contribution in [1.29, 1.82) is 0 Å². The lowest BCUT2D eigenvalue weighted by atomic mass is 9.97. The van der Waals surface area contributed by atoms with Gasteiger partial charge >= 0.3 is 0 Å². The Bertz CT molecular complexity index is 455. The lowest BCUT2D eigenvalue weighted by molar-refractivity contribution is -0.139. The van der Waals surface area contributed by atoms with E-state index in [1.54, 1.807) is 11.9 Å². The topological polar surface area (TPSA) is 40.6 Å². The Morgan fingerprint density at radius 3 is 2.14 bits per heavy atom. The lowest BCUT2D eigenvalue weighted by Crippen LogP contribution is -2.41. The second-order valence-corrected chi connectivity index (χ2v) is 5.33. The van der Waals surface area contributed by atoms with Crippen molar-refractivity contribution >= 4 is 11.8 Å². The summed E-state index contributed by atoms with van der Waals surface area (Å²) in [5.74, 6) is 0.166. The molecule has 1 atom stereocenters. The van der Waals surface area contributed by atoms with Crippen molar-refractivity contribution in [2.45, 2.75) is 33.1 Å². The molecule has 0 fully saturated rings. The van der Waals surface area contributed by atoms with E-state index < -0.39 is 0 Å². The van der Waals surface area contributed by atoms with Crippen molar-refractivity contribution in [2.24, 2.45) is 0 Å². The number of hydrogen-bond acceptors (Lipinski definition) is 2. The lowest BCUT2D eigenvalue weighted by Gasteiger charge is -2.24. The third kappa shape index (κ3) is 5.21. The molecule has 1 aromatic rings. The zero-order valence-electron chi connectivity index (χ0n) is 13.5. The van der Waals surface area contributed by atoms with Gasteiger partial charge in [0.1, 0.15) is 0 Å². The van der Waals surface area contributed by atoms with Crippen molar-refractivity contribution in [1.82, 2.24) is 9.80 Å². The van der Waals surface area contributed by atoms with Crippen LogP contribution in [0, 0.1) is 0 Å². The molecule has 2 amide bonds.